The summed E-state index contributed by atoms with van der Waals surface area (Å²) in [6, 6.07) is 5.87. The van der Waals surface area contributed by atoms with Crippen LogP contribution >= 0.6 is 0 Å². The number of ketones is 1. The molecule has 0 N–H and O–H groups in total. The van der Waals surface area contributed by atoms with Crippen molar-refractivity contribution in [3.05, 3.63) is 48.2 Å². The van der Waals surface area contributed by atoms with Crippen LogP contribution in [0.1, 0.15) is 24.2 Å². The highest BCUT2D eigenvalue weighted by Gasteiger charge is 2.12. The average molecular weight is 379 g/mol. The monoisotopic (exact) mass is 379 g/mol. The average Bonchev–Trinajstić information content (AvgIpc) is 3.12. The Morgan fingerprint density at radius 1 is 1.18 bits per heavy atom. The van der Waals surface area contributed by atoms with Gasteiger partial charge in [0.1, 0.15) is 5.78 Å². The molecule has 3 aromatic heterocycles. The Kier molecular flexibility index (Phi) is 5.73. The van der Waals surface area contributed by atoms with Crippen molar-refractivity contribution in [2.45, 2.75) is 26.2 Å². The predicted octanol–water partition coefficient (Wildman–Crippen LogP) is 2.35. The van der Waals surface area contributed by atoms with E-state index in [1.54, 1.807) is 12.4 Å². The minimum Gasteiger partial charge on any atom is -0.379 e. The molecule has 0 saturated carbocycles. The van der Waals surface area contributed by atoms with E-state index in [9.17, 15) is 4.79 Å². The van der Waals surface area contributed by atoms with Crippen LogP contribution in [0.2, 0.25) is 0 Å². The molecule has 0 amide bonds. The number of nitrogens with zero attached hydrogens (tertiary/aromatic N) is 5. The molecule has 7 nitrogen and oxygen atoms in total. The Labute approximate surface area is 164 Å². The normalized spacial score (nSPS) is 15.2. The maximum absolute atomic E-state index is 12.3. The third-order valence-electron chi connectivity index (χ3n) is 5.05. The number of carbonyl (C=O) groups excluding carboxylic acids is 1. The van der Waals surface area contributed by atoms with Crippen LogP contribution in [0.15, 0.2) is 36.8 Å². The molecule has 1 aliphatic heterocycles. The molecule has 0 spiro atoms. The van der Waals surface area contributed by atoms with Crippen molar-refractivity contribution >= 4 is 16.7 Å². The second-order valence-corrected chi connectivity index (χ2v) is 7.22. The van der Waals surface area contributed by atoms with E-state index in [4.69, 9.17) is 4.74 Å². The van der Waals surface area contributed by atoms with Gasteiger partial charge in [0.05, 0.1) is 36.8 Å². The summed E-state index contributed by atoms with van der Waals surface area (Å²) < 4.78 is 7.20. The molecule has 7 heteroatoms. The first-order valence-corrected chi connectivity index (χ1v) is 9.76. The number of aromatic nitrogens is 4. The van der Waals surface area contributed by atoms with Gasteiger partial charge in [0.25, 0.3) is 0 Å². The highest BCUT2D eigenvalue weighted by atomic mass is 16.5. The van der Waals surface area contributed by atoms with Crippen molar-refractivity contribution in [1.29, 1.82) is 0 Å². The lowest BCUT2D eigenvalue weighted by Gasteiger charge is -2.26. The topological polar surface area (TPSA) is 73.1 Å². The second-order valence-electron chi connectivity index (χ2n) is 7.22. The summed E-state index contributed by atoms with van der Waals surface area (Å²) >= 11 is 0. The first-order valence-electron chi connectivity index (χ1n) is 9.76. The van der Waals surface area contributed by atoms with Crippen molar-refractivity contribution in [1.82, 2.24) is 24.6 Å². The molecule has 1 fully saturated rings. The van der Waals surface area contributed by atoms with Crippen molar-refractivity contribution in [2.75, 3.05) is 32.8 Å². The number of hydrogen-bond donors (Lipinski definition) is 0. The lowest BCUT2D eigenvalue weighted by molar-refractivity contribution is -0.118. The highest BCUT2D eigenvalue weighted by Crippen LogP contribution is 2.19. The van der Waals surface area contributed by atoms with Gasteiger partial charge in [-0.2, -0.15) is 5.10 Å². The van der Waals surface area contributed by atoms with Crippen LogP contribution in [0.5, 0.6) is 0 Å². The zero-order valence-electron chi connectivity index (χ0n) is 16.2. The van der Waals surface area contributed by atoms with Gasteiger partial charge in [-0.15, -0.1) is 0 Å². The molecular weight excluding hydrogens is 354 g/mol. The molecule has 0 atom stereocenters. The van der Waals surface area contributed by atoms with Crippen molar-refractivity contribution < 1.29 is 9.53 Å². The summed E-state index contributed by atoms with van der Waals surface area (Å²) in [4.78, 5) is 23.4. The van der Waals surface area contributed by atoms with Crippen molar-refractivity contribution in [2.24, 2.45) is 0 Å². The Morgan fingerprint density at radius 2 is 2.04 bits per heavy atom. The van der Waals surface area contributed by atoms with Gasteiger partial charge in [-0.25, -0.2) is 4.68 Å². The Balaban J connectivity index is 1.37. The summed E-state index contributed by atoms with van der Waals surface area (Å²) in [5, 5.41) is 5.46. The molecule has 28 heavy (non-hydrogen) atoms. The van der Waals surface area contributed by atoms with E-state index in [1.807, 2.05) is 36.0 Å². The number of ether oxygens (including phenoxy) is 1. The standard InChI is InChI=1S/C21H25N5O2/c1-16-11-19(4-5-22-16)26-21-15-23-18(12-17(21)14-24-26)13-20(27)3-2-6-25-7-9-28-10-8-25/h4-5,11-12,14-15H,2-3,6-10,13H2,1H3. The lowest BCUT2D eigenvalue weighted by atomic mass is 10.1. The van der Waals surface area contributed by atoms with E-state index in [-0.39, 0.29) is 5.78 Å². The summed E-state index contributed by atoms with van der Waals surface area (Å²) in [5.41, 5.74) is 3.62. The minimum atomic E-state index is 0.234. The van der Waals surface area contributed by atoms with Crippen molar-refractivity contribution in [3.8, 4) is 5.69 Å². The van der Waals surface area contributed by atoms with Crippen LogP contribution < -0.4 is 0 Å². The quantitative estimate of drug-likeness (QED) is 0.627. The van der Waals surface area contributed by atoms with Crippen LogP contribution in [0, 0.1) is 6.92 Å². The molecule has 1 aliphatic rings. The number of fused-ring (bicyclic) bond motifs is 1. The van der Waals surface area contributed by atoms with E-state index in [0.29, 0.717) is 12.8 Å². The zero-order valence-corrected chi connectivity index (χ0v) is 16.2. The first-order chi connectivity index (χ1) is 13.7. The zero-order chi connectivity index (χ0) is 19.3. The number of pyridine rings is 2. The molecule has 4 heterocycles. The fourth-order valence-corrected chi connectivity index (χ4v) is 3.55. The smallest absolute Gasteiger partial charge is 0.138 e. The summed E-state index contributed by atoms with van der Waals surface area (Å²) in [7, 11) is 0. The maximum atomic E-state index is 12.3. The van der Waals surface area contributed by atoms with Crippen molar-refractivity contribution in [3.63, 3.8) is 0 Å². The number of hydrogen-bond acceptors (Lipinski definition) is 6. The van der Waals surface area contributed by atoms with Crippen LogP contribution in [-0.2, 0) is 16.0 Å². The van der Waals surface area contributed by atoms with Gasteiger partial charge < -0.3 is 4.74 Å². The van der Waals surface area contributed by atoms with Gasteiger partial charge in [-0.1, -0.05) is 0 Å². The van der Waals surface area contributed by atoms with Gasteiger partial charge in [-0.05, 0) is 38.1 Å². The number of morpholine rings is 1. The molecule has 3 aromatic rings. The Hall–Kier alpha value is -2.64. The molecule has 0 radical (unpaired) electrons. The van der Waals surface area contributed by atoms with E-state index < -0.39 is 0 Å². The van der Waals surface area contributed by atoms with E-state index in [0.717, 1.165) is 67.2 Å². The number of Topliss-reactive ketones (excluding diaryl/α,β-unsaturated/α-hetero) is 1. The molecular formula is C21H25N5O2. The lowest BCUT2D eigenvalue weighted by Crippen LogP contribution is -2.37. The summed E-state index contributed by atoms with van der Waals surface area (Å²) in [6.07, 6.45) is 7.24. The molecule has 4 rings (SSSR count). The van der Waals surface area contributed by atoms with Gasteiger partial charge in [-0.3, -0.25) is 19.7 Å². The van der Waals surface area contributed by atoms with Gasteiger partial charge in [0.2, 0.25) is 0 Å². The highest BCUT2D eigenvalue weighted by molar-refractivity contribution is 5.83. The molecule has 0 aromatic carbocycles. The SMILES string of the molecule is Cc1cc(-n2ncc3cc(CC(=O)CCCN4CCOCC4)ncc32)ccn1. The fraction of sp³-hybridized carbons (Fsp3) is 0.429. The van der Waals surface area contributed by atoms with Gasteiger partial charge in [0, 0.05) is 48.9 Å². The third-order valence-corrected chi connectivity index (χ3v) is 5.05. The summed E-state index contributed by atoms with van der Waals surface area (Å²) in [5.74, 6) is 0.234. The van der Waals surface area contributed by atoms with E-state index >= 15 is 0 Å². The molecule has 0 bridgehead atoms. The summed E-state index contributed by atoms with van der Waals surface area (Å²) in [6.45, 7) is 6.44. The molecule has 146 valence electrons. The van der Waals surface area contributed by atoms with Crippen LogP contribution in [0.3, 0.4) is 0 Å². The maximum Gasteiger partial charge on any atom is 0.138 e. The van der Waals surface area contributed by atoms with E-state index in [2.05, 4.69) is 20.0 Å². The second kappa shape index (κ2) is 8.58. The molecule has 1 saturated heterocycles. The van der Waals surface area contributed by atoms with Gasteiger partial charge >= 0.3 is 0 Å². The van der Waals surface area contributed by atoms with Crippen LogP contribution in [0.4, 0.5) is 0 Å². The first kappa shape index (κ1) is 18.7. The largest absolute Gasteiger partial charge is 0.379 e. The van der Waals surface area contributed by atoms with E-state index in [1.165, 1.54) is 0 Å². The minimum absolute atomic E-state index is 0.234. The fourth-order valence-electron chi connectivity index (χ4n) is 3.55. The van der Waals surface area contributed by atoms with Gasteiger partial charge in [0.15, 0.2) is 0 Å². The predicted molar refractivity (Wildman–Crippen MR) is 107 cm³/mol. The third kappa shape index (κ3) is 4.43. The van der Waals surface area contributed by atoms with Crippen LogP contribution in [0.25, 0.3) is 16.6 Å². The Morgan fingerprint density at radius 3 is 2.86 bits per heavy atom. The molecule has 0 aliphatic carbocycles. The number of rotatable bonds is 7. The Bertz CT molecular complexity index is 962. The van der Waals surface area contributed by atoms with Crippen LogP contribution in [-0.4, -0.2) is 63.3 Å². The number of carbonyl (C=O) groups is 1. The number of aryl methyl sites for hydroxylation is 1. The molecule has 0 unspecified atom stereocenters.